The highest BCUT2D eigenvalue weighted by Gasteiger charge is 2.14. The Morgan fingerprint density at radius 3 is 2.67 bits per heavy atom. The molecule has 0 heterocycles. The molecule has 3 nitrogen and oxygen atoms in total. The van der Waals surface area contributed by atoms with E-state index in [-0.39, 0.29) is 18.4 Å². The number of aliphatic hydroxyl groups is 1. The lowest BCUT2D eigenvalue weighted by Crippen LogP contribution is -2.31. The highest BCUT2D eigenvalue weighted by molar-refractivity contribution is 6.30. The standard InChI is InChI=1S/C12H16ClF2NO2/c1-8(7-17)16(2)6-9-5-10(13)3-4-11(9)18-12(14)15/h3-5,8,12,17H,6-7H2,1-2H3. The molecule has 0 aliphatic heterocycles. The molecule has 1 unspecified atom stereocenters. The summed E-state index contributed by atoms with van der Waals surface area (Å²) in [5.41, 5.74) is 0.561. The topological polar surface area (TPSA) is 32.7 Å². The molecule has 1 aromatic carbocycles. The Balaban J connectivity index is 2.88. The van der Waals surface area contributed by atoms with E-state index >= 15 is 0 Å². The zero-order valence-electron chi connectivity index (χ0n) is 10.2. The van der Waals surface area contributed by atoms with E-state index in [0.717, 1.165) is 0 Å². The molecule has 1 N–H and O–H groups in total. The van der Waals surface area contributed by atoms with Gasteiger partial charge < -0.3 is 9.84 Å². The van der Waals surface area contributed by atoms with Crippen molar-refractivity contribution in [1.29, 1.82) is 0 Å². The second-order valence-electron chi connectivity index (χ2n) is 4.08. The molecule has 0 fully saturated rings. The zero-order chi connectivity index (χ0) is 13.7. The van der Waals surface area contributed by atoms with Crippen LogP contribution in [-0.4, -0.2) is 36.3 Å². The maximum absolute atomic E-state index is 12.3. The van der Waals surface area contributed by atoms with E-state index in [0.29, 0.717) is 17.1 Å². The normalized spacial score (nSPS) is 13.1. The molecule has 0 bridgehead atoms. The predicted molar refractivity (Wildman–Crippen MR) is 66.1 cm³/mol. The van der Waals surface area contributed by atoms with Crippen molar-refractivity contribution >= 4 is 11.6 Å². The van der Waals surface area contributed by atoms with Gasteiger partial charge >= 0.3 is 6.61 Å². The number of alkyl halides is 2. The van der Waals surface area contributed by atoms with E-state index < -0.39 is 6.61 Å². The molecular weight excluding hydrogens is 264 g/mol. The Hall–Kier alpha value is -0.910. The Bertz CT molecular complexity index is 390. The third-order valence-electron chi connectivity index (χ3n) is 2.68. The van der Waals surface area contributed by atoms with Crippen molar-refractivity contribution in [1.82, 2.24) is 4.90 Å². The molecule has 1 atom stereocenters. The molecule has 0 radical (unpaired) electrons. The van der Waals surface area contributed by atoms with Gasteiger partial charge in [0, 0.05) is 23.2 Å². The highest BCUT2D eigenvalue weighted by Crippen LogP contribution is 2.26. The fraction of sp³-hybridized carbons (Fsp3) is 0.500. The summed E-state index contributed by atoms with van der Waals surface area (Å²) in [6.07, 6.45) is 0. The number of halogens is 3. The second-order valence-corrected chi connectivity index (χ2v) is 4.51. The van der Waals surface area contributed by atoms with Crippen LogP contribution in [0.5, 0.6) is 5.75 Å². The number of benzene rings is 1. The molecule has 1 aromatic rings. The van der Waals surface area contributed by atoms with Gasteiger partial charge in [0.05, 0.1) is 6.61 Å². The van der Waals surface area contributed by atoms with Gasteiger partial charge in [0.15, 0.2) is 0 Å². The van der Waals surface area contributed by atoms with Gasteiger partial charge in [-0.15, -0.1) is 0 Å². The molecule has 0 spiro atoms. The fourth-order valence-corrected chi connectivity index (χ4v) is 1.64. The van der Waals surface area contributed by atoms with Gasteiger partial charge in [-0.2, -0.15) is 8.78 Å². The van der Waals surface area contributed by atoms with Crippen molar-refractivity contribution in [3.05, 3.63) is 28.8 Å². The Kier molecular flexibility index (Phi) is 5.78. The molecule has 0 saturated carbocycles. The van der Waals surface area contributed by atoms with Crippen molar-refractivity contribution in [2.75, 3.05) is 13.7 Å². The van der Waals surface area contributed by atoms with Crippen LogP contribution in [-0.2, 0) is 6.54 Å². The van der Waals surface area contributed by atoms with Crippen LogP contribution in [0.2, 0.25) is 5.02 Å². The first-order valence-corrected chi connectivity index (χ1v) is 5.86. The van der Waals surface area contributed by atoms with E-state index in [1.807, 2.05) is 11.8 Å². The smallest absolute Gasteiger partial charge is 0.387 e. The van der Waals surface area contributed by atoms with Gasteiger partial charge in [-0.05, 0) is 32.2 Å². The number of likely N-dealkylation sites (N-methyl/N-ethyl adjacent to an activating group) is 1. The minimum absolute atomic E-state index is 0.0118. The number of ether oxygens (including phenoxy) is 1. The van der Waals surface area contributed by atoms with Gasteiger partial charge in [0.2, 0.25) is 0 Å². The van der Waals surface area contributed by atoms with E-state index in [9.17, 15) is 8.78 Å². The van der Waals surface area contributed by atoms with Crippen LogP contribution >= 0.6 is 11.6 Å². The van der Waals surface area contributed by atoms with E-state index in [2.05, 4.69) is 4.74 Å². The average molecular weight is 280 g/mol. The van der Waals surface area contributed by atoms with Crippen LogP contribution in [0.4, 0.5) is 8.78 Å². The lowest BCUT2D eigenvalue weighted by molar-refractivity contribution is -0.0508. The number of nitrogens with zero attached hydrogens (tertiary/aromatic N) is 1. The van der Waals surface area contributed by atoms with Crippen molar-refractivity contribution in [2.45, 2.75) is 26.1 Å². The Morgan fingerprint density at radius 1 is 1.44 bits per heavy atom. The zero-order valence-corrected chi connectivity index (χ0v) is 11.0. The molecule has 0 saturated heterocycles. The highest BCUT2D eigenvalue weighted by atomic mass is 35.5. The van der Waals surface area contributed by atoms with Crippen LogP contribution in [0.25, 0.3) is 0 Å². The SMILES string of the molecule is CC(CO)N(C)Cc1cc(Cl)ccc1OC(F)F. The summed E-state index contributed by atoms with van der Waals surface area (Å²) >= 11 is 5.84. The summed E-state index contributed by atoms with van der Waals surface area (Å²) in [5.74, 6) is 0.103. The molecule has 6 heteroatoms. The summed E-state index contributed by atoms with van der Waals surface area (Å²) in [4.78, 5) is 1.82. The predicted octanol–water partition coefficient (Wildman–Crippen LogP) is 2.75. The quantitative estimate of drug-likeness (QED) is 0.869. The first kappa shape index (κ1) is 15.1. The monoisotopic (exact) mass is 279 g/mol. The molecule has 0 aliphatic rings. The molecule has 18 heavy (non-hydrogen) atoms. The summed E-state index contributed by atoms with van der Waals surface area (Å²) in [6.45, 7) is -0.685. The van der Waals surface area contributed by atoms with Gasteiger partial charge in [0.25, 0.3) is 0 Å². The average Bonchev–Trinajstić information content (AvgIpc) is 2.31. The summed E-state index contributed by atoms with van der Waals surface area (Å²) < 4.78 is 28.9. The van der Waals surface area contributed by atoms with Gasteiger partial charge in [-0.1, -0.05) is 11.6 Å². The van der Waals surface area contributed by atoms with E-state index in [4.69, 9.17) is 16.7 Å². The molecule has 102 valence electrons. The molecular formula is C12H16ClF2NO2. The van der Waals surface area contributed by atoms with Crippen LogP contribution < -0.4 is 4.74 Å². The lowest BCUT2D eigenvalue weighted by atomic mass is 10.1. The van der Waals surface area contributed by atoms with Crippen molar-refractivity contribution in [3.8, 4) is 5.75 Å². The van der Waals surface area contributed by atoms with Gasteiger partial charge in [-0.3, -0.25) is 4.90 Å². The maximum Gasteiger partial charge on any atom is 0.387 e. The number of rotatable bonds is 6. The molecule has 0 amide bonds. The minimum atomic E-state index is -2.87. The maximum atomic E-state index is 12.3. The lowest BCUT2D eigenvalue weighted by Gasteiger charge is -2.24. The molecule has 1 rings (SSSR count). The molecule has 0 aromatic heterocycles. The molecule has 0 aliphatic carbocycles. The summed E-state index contributed by atoms with van der Waals surface area (Å²) in [7, 11) is 1.79. The summed E-state index contributed by atoms with van der Waals surface area (Å²) in [5, 5.41) is 9.49. The second kappa shape index (κ2) is 6.87. The van der Waals surface area contributed by atoms with Crippen LogP contribution in [0, 0.1) is 0 Å². The van der Waals surface area contributed by atoms with Crippen LogP contribution in [0.1, 0.15) is 12.5 Å². The third-order valence-corrected chi connectivity index (χ3v) is 2.91. The van der Waals surface area contributed by atoms with E-state index in [1.165, 1.54) is 12.1 Å². The van der Waals surface area contributed by atoms with Crippen LogP contribution in [0.15, 0.2) is 18.2 Å². The van der Waals surface area contributed by atoms with Crippen molar-refractivity contribution < 1.29 is 18.6 Å². The minimum Gasteiger partial charge on any atom is -0.434 e. The largest absolute Gasteiger partial charge is 0.434 e. The van der Waals surface area contributed by atoms with Gasteiger partial charge in [-0.25, -0.2) is 0 Å². The van der Waals surface area contributed by atoms with E-state index in [1.54, 1.807) is 13.1 Å². The van der Waals surface area contributed by atoms with Crippen molar-refractivity contribution in [3.63, 3.8) is 0 Å². The number of hydrogen-bond acceptors (Lipinski definition) is 3. The van der Waals surface area contributed by atoms with Crippen molar-refractivity contribution in [2.24, 2.45) is 0 Å². The fourth-order valence-electron chi connectivity index (χ4n) is 1.45. The number of hydrogen-bond donors (Lipinski definition) is 1. The van der Waals surface area contributed by atoms with Crippen LogP contribution in [0.3, 0.4) is 0 Å². The number of aliphatic hydroxyl groups excluding tert-OH is 1. The third kappa shape index (κ3) is 4.40. The Labute approximate surface area is 110 Å². The van der Waals surface area contributed by atoms with Gasteiger partial charge in [0.1, 0.15) is 5.75 Å². The first-order chi connectivity index (χ1) is 8.43. The Morgan fingerprint density at radius 2 is 2.11 bits per heavy atom. The first-order valence-electron chi connectivity index (χ1n) is 5.48. The summed E-state index contributed by atoms with van der Waals surface area (Å²) in [6, 6.07) is 4.42.